The van der Waals surface area contributed by atoms with Crippen molar-refractivity contribution in [2.24, 2.45) is 0 Å². The second-order valence-electron chi connectivity index (χ2n) is 23.6. The first-order valence-electron chi connectivity index (χ1n) is 25.1. The summed E-state index contributed by atoms with van der Waals surface area (Å²) in [6, 6.07) is 64.8. The Morgan fingerprint density at radius 2 is 1.04 bits per heavy atom. The van der Waals surface area contributed by atoms with Gasteiger partial charge in [0.2, 0.25) is 0 Å². The second kappa shape index (κ2) is 18.6. The molecule has 9 aromatic rings. The number of anilines is 4. The molecule has 10 rings (SSSR count). The van der Waals surface area contributed by atoms with Crippen LogP contribution in [0.5, 0.6) is 11.5 Å². The van der Waals surface area contributed by atoms with Crippen LogP contribution in [0.4, 0.5) is 22.7 Å². The summed E-state index contributed by atoms with van der Waals surface area (Å²) in [7, 11) is 0. The van der Waals surface area contributed by atoms with Crippen molar-refractivity contribution in [3.63, 3.8) is 0 Å². The van der Waals surface area contributed by atoms with Crippen LogP contribution in [0.1, 0.15) is 129 Å². The van der Waals surface area contributed by atoms with E-state index >= 15 is 0 Å². The van der Waals surface area contributed by atoms with Gasteiger partial charge < -0.3 is 19.1 Å². The van der Waals surface area contributed by atoms with Crippen LogP contribution in [0.25, 0.3) is 27.6 Å². The van der Waals surface area contributed by atoms with E-state index in [4.69, 9.17) is 9.72 Å². The molecular weight excluding hydrogens is 1060 g/mol. The van der Waals surface area contributed by atoms with Crippen LogP contribution in [-0.2, 0) is 48.1 Å². The van der Waals surface area contributed by atoms with E-state index in [1.165, 1.54) is 38.8 Å². The molecule has 2 aromatic heterocycles. The van der Waals surface area contributed by atoms with Crippen LogP contribution >= 0.6 is 0 Å². The van der Waals surface area contributed by atoms with E-state index in [2.05, 4.69) is 275 Å². The van der Waals surface area contributed by atoms with Gasteiger partial charge in [0.05, 0.1) is 0 Å². The van der Waals surface area contributed by atoms with Gasteiger partial charge in [0.25, 0.3) is 0 Å². The van der Waals surface area contributed by atoms with Gasteiger partial charge in [-0.2, -0.15) is 6.07 Å². The number of nitrogens with zero attached hydrogens (tertiary/aromatic N) is 4. The fourth-order valence-corrected chi connectivity index (χ4v) is 9.99. The van der Waals surface area contributed by atoms with Gasteiger partial charge in [-0.25, -0.2) is 4.98 Å². The molecule has 7 aromatic carbocycles. The number of aromatic nitrogens is 2. The number of hydrogen-bond acceptors (Lipinski definition) is 4. The summed E-state index contributed by atoms with van der Waals surface area (Å²) in [5, 5.41) is 2.27. The van der Waals surface area contributed by atoms with Gasteiger partial charge in [-0.15, -0.1) is 53.6 Å². The third-order valence-electron chi connectivity index (χ3n) is 14.8. The van der Waals surface area contributed by atoms with Gasteiger partial charge in [0.15, 0.2) is 0 Å². The van der Waals surface area contributed by atoms with Crippen LogP contribution in [0.3, 0.4) is 0 Å². The predicted octanol–water partition coefficient (Wildman–Crippen LogP) is 17.5. The standard InChI is InChI=1S/C66H67N4O.Pt/c1-62(2,3)46-27-31-57-56(38-46)55-30-29-53(42-59(55)70(57)61-40-47(33-34-67-61)63(4,5)6)71-54-37-50(64(7,8)9)36-52(41-54)69-43-68(51-26-20-25-48(35-51)65(10,11)44-21-16-14-17-22-44)58-32-28-49(39-60(58)69)66(12,13)45-23-18-15-19-24-45;/h14-40,43H,1-13H3;/q-3;. The molecule has 0 saturated heterocycles. The maximum absolute atomic E-state index is 7.00. The minimum absolute atomic E-state index is 0. The van der Waals surface area contributed by atoms with Gasteiger partial charge in [-0.3, -0.25) is 0 Å². The summed E-state index contributed by atoms with van der Waals surface area (Å²) >= 11 is 0. The zero-order chi connectivity index (χ0) is 50.3. The molecule has 0 radical (unpaired) electrons. The van der Waals surface area contributed by atoms with Crippen molar-refractivity contribution in [2.45, 2.75) is 117 Å². The molecular formula is C66H67N4OPt-3. The zero-order valence-corrected chi connectivity index (χ0v) is 46.5. The molecule has 0 N–H and O–H groups in total. The molecule has 0 amide bonds. The van der Waals surface area contributed by atoms with Gasteiger partial charge >= 0.3 is 0 Å². The summed E-state index contributed by atoms with van der Waals surface area (Å²) in [6.07, 6.45) is 1.93. The molecule has 1 aliphatic rings. The zero-order valence-electron chi connectivity index (χ0n) is 44.2. The molecule has 0 unspecified atom stereocenters. The number of benzene rings is 7. The normalized spacial score (nSPS) is 13.4. The minimum atomic E-state index is -0.255. The molecule has 0 atom stereocenters. The summed E-state index contributed by atoms with van der Waals surface area (Å²) in [5.74, 6) is 2.08. The van der Waals surface area contributed by atoms with E-state index in [0.717, 1.165) is 50.6 Å². The number of fused-ring (bicyclic) bond motifs is 4. The van der Waals surface area contributed by atoms with Crippen molar-refractivity contribution in [1.29, 1.82) is 0 Å². The Morgan fingerprint density at radius 1 is 0.444 bits per heavy atom. The summed E-state index contributed by atoms with van der Waals surface area (Å²) < 4.78 is 9.24. The molecule has 5 nitrogen and oxygen atoms in total. The number of hydrogen-bond donors (Lipinski definition) is 0. The largest absolute Gasteiger partial charge is 0.509 e. The Labute approximate surface area is 443 Å². The summed E-state index contributed by atoms with van der Waals surface area (Å²) in [4.78, 5) is 9.59. The average molecular weight is 1130 g/mol. The maximum atomic E-state index is 7.00. The number of rotatable bonds is 9. The van der Waals surface area contributed by atoms with Crippen LogP contribution in [0, 0.1) is 18.8 Å². The van der Waals surface area contributed by atoms with Crippen LogP contribution in [0.2, 0.25) is 0 Å². The minimum Gasteiger partial charge on any atom is -0.509 e. The van der Waals surface area contributed by atoms with Crippen molar-refractivity contribution in [1.82, 2.24) is 9.55 Å². The topological polar surface area (TPSA) is 33.5 Å². The van der Waals surface area contributed by atoms with E-state index in [1.54, 1.807) is 0 Å². The first kappa shape index (κ1) is 50.5. The SMILES string of the molecule is CC(C)(C)c1cc(Oc2[c-]c3c(cc2)c2cc(C(C)(C)C)ccc2n3-c2cc(C(C)(C)C)ccn2)[c-]c(N2[CH-]N(c3cccc(C(C)(C)c4ccccc4)c3)c3ccc(C(C)(C)c4ccccc4)cc32)c1.[Pt]. The molecule has 6 heteroatoms. The van der Waals surface area contributed by atoms with Gasteiger partial charge in [-0.05, 0) is 97.5 Å². The van der Waals surface area contributed by atoms with E-state index in [-0.39, 0.29) is 48.1 Å². The van der Waals surface area contributed by atoms with E-state index in [9.17, 15) is 0 Å². The number of pyridine rings is 1. The average Bonchev–Trinajstić information content (AvgIpc) is 3.89. The Kier molecular flexibility index (Phi) is 13.0. The molecule has 0 saturated carbocycles. The van der Waals surface area contributed by atoms with Crippen molar-refractivity contribution >= 4 is 44.6 Å². The Hall–Kier alpha value is -6.42. The summed E-state index contributed by atoms with van der Waals surface area (Å²) in [6.45, 7) is 31.8. The third kappa shape index (κ3) is 9.42. The Bertz CT molecular complexity index is 3440. The molecule has 0 aliphatic carbocycles. The maximum Gasteiger partial charge on any atom is 0.135 e. The van der Waals surface area contributed by atoms with Crippen molar-refractivity contribution in [2.75, 3.05) is 9.80 Å². The number of ether oxygens (including phenoxy) is 1. The van der Waals surface area contributed by atoms with Gasteiger partial charge in [-0.1, -0.05) is 187 Å². The Morgan fingerprint density at radius 3 is 1.68 bits per heavy atom. The fourth-order valence-electron chi connectivity index (χ4n) is 9.99. The van der Waals surface area contributed by atoms with Crippen LogP contribution in [-0.4, -0.2) is 9.55 Å². The van der Waals surface area contributed by atoms with Crippen LogP contribution < -0.4 is 14.5 Å². The molecule has 3 heterocycles. The fraction of sp³-hybridized carbons (Fsp3) is 0.273. The van der Waals surface area contributed by atoms with Gasteiger partial charge in [0.1, 0.15) is 5.82 Å². The van der Waals surface area contributed by atoms with Crippen molar-refractivity contribution in [3.05, 3.63) is 222 Å². The molecule has 1 aliphatic heterocycles. The first-order chi connectivity index (χ1) is 33.6. The molecule has 72 heavy (non-hydrogen) atoms. The van der Waals surface area contributed by atoms with E-state index in [1.807, 2.05) is 12.3 Å². The molecule has 0 spiro atoms. The first-order valence-corrected chi connectivity index (χ1v) is 25.1. The van der Waals surface area contributed by atoms with Crippen LogP contribution in [0.15, 0.2) is 164 Å². The second-order valence-corrected chi connectivity index (χ2v) is 23.6. The molecule has 0 fully saturated rings. The smallest absolute Gasteiger partial charge is 0.135 e. The van der Waals surface area contributed by atoms with Gasteiger partial charge in [0, 0.05) is 72.2 Å². The van der Waals surface area contributed by atoms with Crippen molar-refractivity contribution in [3.8, 4) is 17.3 Å². The van der Waals surface area contributed by atoms with E-state index in [0.29, 0.717) is 11.5 Å². The molecule has 370 valence electrons. The monoisotopic (exact) mass is 1130 g/mol. The third-order valence-corrected chi connectivity index (χ3v) is 14.8. The van der Waals surface area contributed by atoms with E-state index < -0.39 is 0 Å². The quantitative estimate of drug-likeness (QED) is 0.135. The Balaban J connectivity index is 0.00000640. The van der Waals surface area contributed by atoms with Crippen molar-refractivity contribution < 1.29 is 25.8 Å². The predicted molar refractivity (Wildman–Crippen MR) is 297 cm³/mol. The summed E-state index contributed by atoms with van der Waals surface area (Å²) in [5.41, 5.74) is 14.0. The molecule has 0 bridgehead atoms.